The smallest absolute Gasteiger partial charge is 0.698 e. The Bertz CT molecular complexity index is 264. The fourth-order valence-corrected chi connectivity index (χ4v) is 0.832. The summed E-state index contributed by atoms with van der Waals surface area (Å²) in [4.78, 5) is 0. The van der Waals surface area contributed by atoms with E-state index in [0.29, 0.717) is 5.70 Å². The predicted octanol–water partition coefficient (Wildman–Crippen LogP) is 0.270. The second kappa shape index (κ2) is 6.63. The van der Waals surface area contributed by atoms with Crippen LogP contribution >= 0.6 is 0 Å². The molecular formula is C10H10KN. The van der Waals surface area contributed by atoms with Crippen LogP contribution in [0.3, 0.4) is 0 Å². The van der Waals surface area contributed by atoms with E-state index in [0.717, 1.165) is 5.56 Å². The summed E-state index contributed by atoms with van der Waals surface area (Å²) in [6.45, 7) is 3.53. The zero-order chi connectivity index (χ0) is 8.10. The first-order valence-corrected chi connectivity index (χ1v) is 3.44. The molecule has 0 radical (unpaired) electrons. The molecule has 12 heavy (non-hydrogen) atoms. The molecule has 0 aliphatic carbocycles. The van der Waals surface area contributed by atoms with Crippen molar-refractivity contribution in [2.45, 2.75) is 0 Å². The Morgan fingerprint density at radius 2 is 1.83 bits per heavy atom. The van der Waals surface area contributed by atoms with Crippen LogP contribution in [0.15, 0.2) is 49.1 Å². The van der Waals surface area contributed by atoms with Crippen LogP contribution in [-0.4, -0.2) is 0 Å². The van der Waals surface area contributed by atoms with Gasteiger partial charge in [-0.05, 0) is 5.56 Å². The molecule has 1 N–H and O–H groups in total. The van der Waals surface area contributed by atoms with Crippen LogP contribution in [0.4, 0.5) is 0 Å². The summed E-state index contributed by atoms with van der Waals surface area (Å²) in [6, 6.07) is 9.58. The first-order valence-electron chi connectivity index (χ1n) is 3.44. The fourth-order valence-electron chi connectivity index (χ4n) is 0.832. The van der Waals surface area contributed by atoms with Gasteiger partial charge in [0, 0.05) is 0 Å². The summed E-state index contributed by atoms with van der Waals surface area (Å²) in [5, 5.41) is 0. The summed E-state index contributed by atoms with van der Waals surface area (Å²) in [5.74, 6) is 0. The monoisotopic (exact) mass is 183 g/mol. The zero-order valence-corrected chi connectivity index (χ0v) is 10.4. The Hall–Kier alpha value is 0.136. The van der Waals surface area contributed by atoms with Crippen molar-refractivity contribution in [3.05, 3.63) is 60.4 Å². The van der Waals surface area contributed by atoms with Gasteiger partial charge in [-0.3, -0.25) is 0 Å². The van der Waals surface area contributed by atoms with E-state index in [-0.39, 0.29) is 51.4 Å². The van der Waals surface area contributed by atoms with Gasteiger partial charge in [-0.2, -0.15) is 0 Å². The topological polar surface area (TPSA) is 23.8 Å². The number of hydrogen-bond acceptors (Lipinski definition) is 0. The van der Waals surface area contributed by atoms with E-state index in [1.807, 2.05) is 30.3 Å². The number of nitrogens with one attached hydrogen (secondary N) is 1. The van der Waals surface area contributed by atoms with Gasteiger partial charge in [-0.25, -0.2) is 0 Å². The fraction of sp³-hybridized carbons (Fsp3) is 0. The first kappa shape index (κ1) is 12.1. The van der Waals surface area contributed by atoms with E-state index in [1.54, 1.807) is 12.2 Å². The van der Waals surface area contributed by atoms with E-state index < -0.39 is 0 Å². The van der Waals surface area contributed by atoms with Gasteiger partial charge >= 0.3 is 51.4 Å². The summed E-state index contributed by atoms with van der Waals surface area (Å²) in [6.07, 6.45) is 3.30. The molecule has 0 fully saturated rings. The third-order valence-corrected chi connectivity index (χ3v) is 1.37. The van der Waals surface area contributed by atoms with Crippen LogP contribution in [0.1, 0.15) is 5.56 Å². The minimum Gasteiger partial charge on any atom is -0.698 e. The first-order chi connectivity index (χ1) is 5.34. The van der Waals surface area contributed by atoms with Crippen molar-refractivity contribution in [1.29, 1.82) is 0 Å². The maximum Gasteiger partial charge on any atom is 1.00 e. The molecular weight excluding hydrogens is 173 g/mol. The Morgan fingerprint density at radius 3 is 2.33 bits per heavy atom. The summed E-state index contributed by atoms with van der Waals surface area (Å²) >= 11 is 0. The van der Waals surface area contributed by atoms with E-state index >= 15 is 0 Å². The van der Waals surface area contributed by atoms with Crippen molar-refractivity contribution in [3.63, 3.8) is 0 Å². The van der Waals surface area contributed by atoms with Crippen molar-refractivity contribution < 1.29 is 51.4 Å². The minimum atomic E-state index is 0. The van der Waals surface area contributed by atoms with Crippen LogP contribution in [-0.2, 0) is 0 Å². The Kier molecular flexibility index (Phi) is 6.71. The molecule has 1 aromatic carbocycles. The predicted molar refractivity (Wildman–Crippen MR) is 48.9 cm³/mol. The van der Waals surface area contributed by atoms with Crippen molar-refractivity contribution in [3.8, 4) is 0 Å². The van der Waals surface area contributed by atoms with Gasteiger partial charge < -0.3 is 5.73 Å². The number of allylic oxidation sites excluding steroid dienone is 2. The molecule has 0 aromatic heterocycles. The van der Waals surface area contributed by atoms with Crippen LogP contribution in [0.2, 0.25) is 0 Å². The van der Waals surface area contributed by atoms with Gasteiger partial charge in [-0.15, -0.1) is 5.70 Å². The third kappa shape index (κ3) is 3.69. The van der Waals surface area contributed by atoms with Crippen molar-refractivity contribution in [2.75, 3.05) is 0 Å². The molecule has 0 atom stereocenters. The molecule has 56 valence electrons. The standard InChI is InChI=1S/C10H10N.K/c1-2-6-10(11)9-7-4-3-5-8-9;/h2-8,11H,1H2;/q-1;+1/b10-6-;. The maximum absolute atomic E-state index is 7.50. The summed E-state index contributed by atoms with van der Waals surface area (Å²) < 4.78 is 0. The minimum absolute atomic E-state index is 0. The Labute approximate surface area is 116 Å². The van der Waals surface area contributed by atoms with E-state index in [9.17, 15) is 0 Å². The van der Waals surface area contributed by atoms with Crippen molar-refractivity contribution >= 4 is 5.70 Å². The number of rotatable bonds is 2. The van der Waals surface area contributed by atoms with Crippen molar-refractivity contribution in [2.24, 2.45) is 0 Å². The molecule has 1 aromatic rings. The quantitative estimate of drug-likeness (QED) is 0.464. The summed E-state index contributed by atoms with van der Waals surface area (Å²) in [7, 11) is 0. The second-order valence-electron chi connectivity index (χ2n) is 2.18. The molecule has 0 bridgehead atoms. The number of hydrogen-bond donors (Lipinski definition) is 0. The molecule has 0 saturated heterocycles. The molecule has 0 aliphatic heterocycles. The molecule has 0 spiro atoms. The van der Waals surface area contributed by atoms with E-state index in [4.69, 9.17) is 5.73 Å². The average molecular weight is 183 g/mol. The largest absolute Gasteiger partial charge is 1.00 e. The molecule has 0 saturated carbocycles. The van der Waals surface area contributed by atoms with Gasteiger partial charge in [0.05, 0.1) is 0 Å². The van der Waals surface area contributed by atoms with Gasteiger partial charge in [0.15, 0.2) is 0 Å². The molecule has 2 heteroatoms. The molecule has 1 rings (SSSR count). The molecule has 0 unspecified atom stereocenters. The second-order valence-corrected chi connectivity index (χ2v) is 2.18. The molecule has 1 nitrogen and oxygen atoms in total. The van der Waals surface area contributed by atoms with E-state index in [1.165, 1.54) is 0 Å². The van der Waals surface area contributed by atoms with Crippen LogP contribution in [0.25, 0.3) is 11.4 Å². The van der Waals surface area contributed by atoms with Gasteiger partial charge in [0.1, 0.15) is 0 Å². The molecule has 0 heterocycles. The molecule has 0 aliphatic rings. The normalized spacial score (nSPS) is 10.2. The zero-order valence-electron chi connectivity index (χ0n) is 7.25. The van der Waals surface area contributed by atoms with Gasteiger partial charge in [0.2, 0.25) is 0 Å². The van der Waals surface area contributed by atoms with Crippen LogP contribution in [0, 0.1) is 0 Å². The van der Waals surface area contributed by atoms with Crippen molar-refractivity contribution in [1.82, 2.24) is 0 Å². The maximum atomic E-state index is 7.50. The molecule has 0 amide bonds. The van der Waals surface area contributed by atoms with Crippen LogP contribution < -0.4 is 51.4 Å². The Morgan fingerprint density at radius 1 is 1.25 bits per heavy atom. The van der Waals surface area contributed by atoms with Gasteiger partial charge in [0.25, 0.3) is 0 Å². The Balaban J connectivity index is 0.00000121. The summed E-state index contributed by atoms with van der Waals surface area (Å²) in [5.41, 5.74) is 8.93. The van der Waals surface area contributed by atoms with Crippen LogP contribution in [0.5, 0.6) is 0 Å². The van der Waals surface area contributed by atoms with Gasteiger partial charge in [-0.1, -0.05) is 49.1 Å². The van der Waals surface area contributed by atoms with E-state index in [2.05, 4.69) is 6.58 Å². The average Bonchev–Trinajstić information content (AvgIpc) is 2.07. The SMILES string of the molecule is C=C/C=C(\[NH-])c1ccccc1.[K+]. The number of benzene rings is 1. The third-order valence-electron chi connectivity index (χ3n) is 1.37.